The standard InChI is InChI=1S/C30H30N4O9/c1-5-41-29(38)26-17(3)32-30(39)33-27(26)18-8-10-23(24(13-18)40-4)42-15-25(35)34-31-14-20-9-11-22(43-20)21-12-19(28(36)37)7-6-16(21)2/h6-14,27H,5,15H2,1-4H3,(H,34,35)(H,36,37)(H2,32,33,39)/b31-14-/t27-/m0/s1. The molecule has 0 fully saturated rings. The average Bonchev–Trinajstić information content (AvgIpc) is 3.44. The molecule has 3 aromatic rings. The second-order valence-corrected chi connectivity index (χ2v) is 9.32. The number of hydrogen-bond donors (Lipinski definition) is 4. The van der Waals surface area contributed by atoms with E-state index in [4.69, 9.17) is 18.6 Å². The predicted octanol–water partition coefficient (Wildman–Crippen LogP) is 3.68. The quantitative estimate of drug-likeness (QED) is 0.147. The maximum absolute atomic E-state index is 12.6. The van der Waals surface area contributed by atoms with Crippen molar-refractivity contribution in [3.63, 3.8) is 0 Å². The van der Waals surface area contributed by atoms with E-state index in [1.165, 1.54) is 25.5 Å². The molecular formula is C30H30N4O9. The Labute approximate surface area is 246 Å². The van der Waals surface area contributed by atoms with Crippen LogP contribution in [0.4, 0.5) is 4.79 Å². The third kappa shape index (κ3) is 7.19. The van der Waals surface area contributed by atoms with Gasteiger partial charge in [0.15, 0.2) is 18.1 Å². The summed E-state index contributed by atoms with van der Waals surface area (Å²) in [6.45, 7) is 4.91. The lowest BCUT2D eigenvalue weighted by Crippen LogP contribution is -2.45. The number of carboxylic acids is 1. The first-order chi connectivity index (χ1) is 20.6. The highest BCUT2D eigenvalue weighted by atomic mass is 16.5. The summed E-state index contributed by atoms with van der Waals surface area (Å²) in [7, 11) is 1.42. The maximum Gasteiger partial charge on any atom is 0.338 e. The molecule has 0 aliphatic carbocycles. The van der Waals surface area contributed by atoms with Crippen molar-refractivity contribution in [3.05, 3.63) is 82.3 Å². The van der Waals surface area contributed by atoms with Gasteiger partial charge in [0.2, 0.25) is 0 Å². The molecule has 0 bridgehead atoms. The first-order valence-electron chi connectivity index (χ1n) is 13.1. The van der Waals surface area contributed by atoms with Crippen molar-refractivity contribution in [1.29, 1.82) is 0 Å². The van der Waals surface area contributed by atoms with Gasteiger partial charge in [-0.3, -0.25) is 4.79 Å². The van der Waals surface area contributed by atoms with E-state index in [1.807, 2.05) is 6.92 Å². The molecule has 13 nitrogen and oxygen atoms in total. The Morgan fingerprint density at radius 3 is 2.60 bits per heavy atom. The topological polar surface area (TPSA) is 178 Å². The van der Waals surface area contributed by atoms with Gasteiger partial charge in [0.05, 0.1) is 37.1 Å². The Balaban J connectivity index is 1.39. The highest BCUT2D eigenvalue weighted by Gasteiger charge is 2.32. The molecule has 4 N–H and O–H groups in total. The molecule has 1 aliphatic rings. The molecule has 0 radical (unpaired) electrons. The number of benzene rings is 2. The van der Waals surface area contributed by atoms with E-state index in [0.717, 1.165) is 5.56 Å². The Kier molecular flexibility index (Phi) is 9.45. The zero-order valence-corrected chi connectivity index (χ0v) is 23.8. The van der Waals surface area contributed by atoms with Crippen LogP contribution < -0.4 is 25.5 Å². The van der Waals surface area contributed by atoms with Crippen LogP contribution in [0.25, 0.3) is 11.3 Å². The van der Waals surface area contributed by atoms with Gasteiger partial charge in [-0.15, -0.1) is 0 Å². The molecule has 1 atom stereocenters. The zero-order valence-electron chi connectivity index (χ0n) is 23.8. The Bertz CT molecular complexity index is 1620. The van der Waals surface area contributed by atoms with Gasteiger partial charge in [0, 0.05) is 11.3 Å². The van der Waals surface area contributed by atoms with Gasteiger partial charge < -0.3 is 34.4 Å². The van der Waals surface area contributed by atoms with E-state index in [9.17, 15) is 24.3 Å². The Hall–Kier alpha value is -5.59. The van der Waals surface area contributed by atoms with Crippen LogP contribution in [0.3, 0.4) is 0 Å². The highest BCUT2D eigenvalue weighted by Crippen LogP contribution is 2.34. The van der Waals surface area contributed by atoms with Crippen LogP contribution in [0.2, 0.25) is 0 Å². The van der Waals surface area contributed by atoms with Crippen LogP contribution in [0.15, 0.2) is 69.3 Å². The molecule has 224 valence electrons. The number of urea groups is 1. The van der Waals surface area contributed by atoms with Crippen molar-refractivity contribution in [1.82, 2.24) is 16.1 Å². The number of aromatic carboxylic acids is 1. The number of carbonyl (C=O) groups is 4. The van der Waals surface area contributed by atoms with Crippen molar-refractivity contribution in [2.24, 2.45) is 5.10 Å². The molecule has 0 saturated heterocycles. The first-order valence-corrected chi connectivity index (χ1v) is 13.1. The maximum atomic E-state index is 12.6. The molecule has 2 aromatic carbocycles. The molecule has 0 saturated carbocycles. The smallest absolute Gasteiger partial charge is 0.338 e. The molecule has 43 heavy (non-hydrogen) atoms. The van der Waals surface area contributed by atoms with E-state index in [1.54, 1.807) is 50.2 Å². The van der Waals surface area contributed by atoms with Gasteiger partial charge in [-0.2, -0.15) is 5.10 Å². The monoisotopic (exact) mass is 590 g/mol. The van der Waals surface area contributed by atoms with Crippen LogP contribution >= 0.6 is 0 Å². The summed E-state index contributed by atoms with van der Waals surface area (Å²) in [5.41, 5.74) is 5.11. The summed E-state index contributed by atoms with van der Waals surface area (Å²) < 4.78 is 21.9. The van der Waals surface area contributed by atoms with E-state index in [2.05, 4.69) is 21.2 Å². The van der Waals surface area contributed by atoms with E-state index >= 15 is 0 Å². The van der Waals surface area contributed by atoms with Crippen molar-refractivity contribution < 1.29 is 42.9 Å². The fraction of sp³-hybridized carbons (Fsp3) is 0.233. The number of ether oxygens (including phenoxy) is 3. The van der Waals surface area contributed by atoms with Crippen LogP contribution in [0.1, 0.15) is 47.1 Å². The summed E-state index contributed by atoms with van der Waals surface area (Å²) in [6, 6.07) is 11.6. The number of methoxy groups -OCH3 is 1. The zero-order chi connectivity index (χ0) is 31.1. The number of allylic oxidation sites excluding steroid dienone is 1. The summed E-state index contributed by atoms with van der Waals surface area (Å²) in [5.74, 6) is -0.859. The molecule has 1 aliphatic heterocycles. The third-order valence-electron chi connectivity index (χ3n) is 6.40. The van der Waals surface area contributed by atoms with Crippen LogP contribution in [-0.4, -0.2) is 55.5 Å². The number of carbonyl (C=O) groups excluding carboxylic acids is 3. The van der Waals surface area contributed by atoms with E-state index in [-0.39, 0.29) is 29.2 Å². The number of nitrogens with one attached hydrogen (secondary N) is 3. The molecule has 0 unspecified atom stereocenters. The second-order valence-electron chi connectivity index (χ2n) is 9.32. The van der Waals surface area contributed by atoms with Gasteiger partial charge >= 0.3 is 18.0 Å². The van der Waals surface area contributed by atoms with Gasteiger partial charge in [-0.1, -0.05) is 12.1 Å². The number of aryl methyl sites for hydroxylation is 1. The molecule has 4 rings (SSSR count). The van der Waals surface area contributed by atoms with E-state index < -0.39 is 36.5 Å². The van der Waals surface area contributed by atoms with Gasteiger partial charge in [-0.05, 0) is 68.3 Å². The number of hydrazone groups is 1. The molecule has 1 aromatic heterocycles. The number of nitrogens with zero attached hydrogens (tertiary/aromatic N) is 1. The second kappa shape index (κ2) is 13.4. The molecular weight excluding hydrogens is 560 g/mol. The summed E-state index contributed by atoms with van der Waals surface area (Å²) in [4.78, 5) is 48.4. The summed E-state index contributed by atoms with van der Waals surface area (Å²) >= 11 is 0. The third-order valence-corrected chi connectivity index (χ3v) is 6.40. The lowest BCUT2D eigenvalue weighted by molar-refractivity contribution is -0.139. The van der Waals surface area contributed by atoms with Crippen molar-refractivity contribution in [2.45, 2.75) is 26.8 Å². The number of carboxylic acid groups (broad SMARTS) is 1. The normalized spacial score (nSPS) is 14.6. The average molecular weight is 591 g/mol. The van der Waals surface area contributed by atoms with Crippen LogP contribution in [0, 0.1) is 6.92 Å². The minimum Gasteiger partial charge on any atom is -0.493 e. The molecule has 13 heteroatoms. The summed E-state index contributed by atoms with van der Waals surface area (Å²) in [6.07, 6.45) is 1.30. The number of hydrogen-bond acceptors (Lipinski definition) is 9. The number of amides is 3. The summed E-state index contributed by atoms with van der Waals surface area (Å²) in [5, 5.41) is 18.4. The minimum atomic E-state index is -1.04. The first kappa shape index (κ1) is 30.4. The van der Waals surface area contributed by atoms with Gasteiger partial charge in [0.25, 0.3) is 5.91 Å². The predicted molar refractivity (Wildman–Crippen MR) is 154 cm³/mol. The van der Waals surface area contributed by atoms with Gasteiger partial charge in [-0.25, -0.2) is 19.8 Å². The SMILES string of the molecule is CCOC(=O)C1=C(C)NC(=O)N[C@H]1c1ccc(OCC(=O)N/N=C\c2ccc(-c3cc(C(=O)O)ccc3C)o2)c(OC)c1. The molecule has 0 spiro atoms. The van der Waals surface area contributed by atoms with Crippen molar-refractivity contribution in [3.8, 4) is 22.8 Å². The van der Waals surface area contributed by atoms with Crippen molar-refractivity contribution >= 4 is 30.1 Å². The fourth-order valence-electron chi connectivity index (χ4n) is 4.34. The molecule has 3 amide bonds. The van der Waals surface area contributed by atoms with Crippen molar-refractivity contribution in [2.75, 3.05) is 20.3 Å². The number of rotatable bonds is 11. The Morgan fingerprint density at radius 2 is 1.88 bits per heavy atom. The molecule has 2 heterocycles. The van der Waals surface area contributed by atoms with Crippen LogP contribution in [0.5, 0.6) is 11.5 Å². The minimum absolute atomic E-state index is 0.136. The lowest BCUT2D eigenvalue weighted by atomic mass is 9.95. The largest absolute Gasteiger partial charge is 0.493 e. The Morgan fingerprint density at radius 1 is 1.09 bits per heavy atom. The number of furan rings is 1. The highest BCUT2D eigenvalue weighted by molar-refractivity contribution is 5.95. The lowest BCUT2D eigenvalue weighted by Gasteiger charge is -2.28. The number of esters is 1. The van der Waals surface area contributed by atoms with Gasteiger partial charge in [0.1, 0.15) is 11.5 Å². The van der Waals surface area contributed by atoms with E-state index in [0.29, 0.717) is 28.3 Å². The fourth-order valence-corrected chi connectivity index (χ4v) is 4.34. The van der Waals surface area contributed by atoms with Crippen LogP contribution in [-0.2, 0) is 14.3 Å².